The lowest BCUT2D eigenvalue weighted by atomic mass is 9.63. The van der Waals surface area contributed by atoms with Gasteiger partial charge in [0.15, 0.2) is 0 Å². The summed E-state index contributed by atoms with van der Waals surface area (Å²) in [5.41, 5.74) is 20.4. The second-order valence-corrected chi connectivity index (χ2v) is 7.11. The number of anilines is 2. The van der Waals surface area contributed by atoms with Crippen molar-refractivity contribution < 1.29 is 4.79 Å². The molecule has 4 rings (SSSR count). The van der Waals surface area contributed by atoms with Gasteiger partial charge in [-0.05, 0) is 36.1 Å². The molecule has 1 aliphatic rings. The Morgan fingerprint density at radius 1 is 0.966 bits per heavy atom. The minimum absolute atomic E-state index is 0.239. The van der Waals surface area contributed by atoms with E-state index in [-0.39, 0.29) is 11.8 Å². The van der Waals surface area contributed by atoms with E-state index in [9.17, 15) is 4.79 Å². The number of pyridine rings is 1. The zero-order chi connectivity index (χ0) is 20.4. The number of benzene rings is 1. The van der Waals surface area contributed by atoms with Crippen LogP contribution in [-0.2, 0) is 5.41 Å². The molecule has 0 saturated heterocycles. The number of amides is 1. The zero-order valence-electron chi connectivity index (χ0n) is 15.7. The normalized spacial score (nSPS) is 15.5. The van der Waals surface area contributed by atoms with Gasteiger partial charge >= 0.3 is 0 Å². The van der Waals surface area contributed by atoms with Crippen LogP contribution in [-0.4, -0.2) is 26.7 Å². The smallest absolute Gasteiger partial charge is 0.278 e. The highest BCUT2D eigenvalue weighted by Crippen LogP contribution is 2.44. The number of amidine groups is 1. The average Bonchev–Trinajstić information content (AvgIpc) is 2.68. The minimum atomic E-state index is -0.426. The van der Waals surface area contributed by atoms with E-state index in [2.05, 4.69) is 19.9 Å². The first-order valence-electron chi connectivity index (χ1n) is 9.27. The van der Waals surface area contributed by atoms with Gasteiger partial charge in [-0.1, -0.05) is 30.7 Å². The lowest BCUT2D eigenvalue weighted by molar-refractivity contribution is 0.100. The van der Waals surface area contributed by atoms with Crippen molar-refractivity contribution in [2.45, 2.75) is 24.7 Å². The first-order valence-corrected chi connectivity index (χ1v) is 9.27. The molecular weight excluding hydrogens is 366 g/mol. The van der Waals surface area contributed by atoms with Crippen LogP contribution in [0.4, 0.5) is 11.8 Å². The van der Waals surface area contributed by atoms with Crippen molar-refractivity contribution in [3.63, 3.8) is 0 Å². The largest absolute Gasteiger partial charge is 0.386 e. The van der Waals surface area contributed by atoms with Crippen LogP contribution in [0.5, 0.6) is 0 Å². The topological polar surface area (TPSA) is 146 Å². The Bertz CT molecular complexity index is 1070. The third-order valence-corrected chi connectivity index (χ3v) is 5.39. The van der Waals surface area contributed by atoms with Crippen molar-refractivity contribution in [3.05, 3.63) is 66.1 Å². The minimum Gasteiger partial charge on any atom is -0.386 e. The van der Waals surface area contributed by atoms with Gasteiger partial charge in [0.05, 0.1) is 5.41 Å². The molecule has 3 aromatic rings. The molecule has 1 fully saturated rings. The monoisotopic (exact) mass is 387 g/mol. The van der Waals surface area contributed by atoms with Crippen LogP contribution in [0.25, 0.3) is 11.1 Å². The molecule has 6 N–H and O–H groups in total. The van der Waals surface area contributed by atoms with Gasteiger partial charge in [-0.25, -0.2) is 15.0 Å². The number of carbonyl (C=O) groups excluding carboxylic acids is 1. The number of nitrogens with two attached hydrogens (primary N) is 3. The molecule has 0 unspecified atom stereocenters. The van der Waals surface area contributed by atoms with Gasteiger partial charge < -0.3 is 17.2 Å². The lowest BCUT2D eigenvalue weighted by Gasteiger charge is -2.41. The molecule has 1 aromatic carbocycles. The molecule has 0 atom stereocenters. The van der Waals surface area contributed by atoms with Gasteiger partial charge in [0.1, 0.15) is 11.7 Å². The van der Waals surface area contributed by atoms with Crippen LogP contribution >= 0.6 is 0 Å². The molecule has 8 heteroatoms. The summed E-state index contributed by atoms with van der Waals surface area (Å²) < 4.78 is 0. The van der Waals surface area contributed by atoms with Crippen LogP contribution in [0.2, 0.25) is 0 Å². The number of hydrogen-bond donors (Lipinski definition) is 3. The molecule has 0 bridgehead atoms. The number of rotatable bonds is 4. The Kier molecular flexibility index (Phi) is 4.67. The van der Waals surface area contributed by atoms with Gasteiger partial charge in [0.25, 0.3) is 5.91 Å². The summed E-state index contributed by atoms with van der Waals surface area (Å²) in [5, 5.41) is 0. The van der Waals surface area contributed by atoms with Crippen molar-refractivity contribution >= 4 is 23.5 Å². The average molecular weight is 387 g/mol. The molecule has 1 aliphatic carbocycles. The van der Waals surface area contributed by atoms with Crippen LogP contribution in [0.1, 0.15) is 35.2 Å². The summed E-state index contributed by atoms with van der Waals surface area (Å²) in [6.45, 7) is 0. The standard InChI is InChI=1S/C21H21N7O/c22-17-10-14(6-9-25-17)18(29)28-19(23)21(7-1-8-21)16-4-2-13(3-5-16)15-11-26-20(24)27-12-15/h2-6,9-12H,1,7-8H2,(H2,22,25)(H2,23,28,29)(H2,24,26,27). The predicted molar refractivity (Wildman–Crippen MR) is 112 cm³/mol. The Morgan fingerprint density at radius 3 is 2.24 bits per heavy atom. The molecule has 2 aromatic heterocycles. The Labute approximate surface area is 167 Å². The number of hydrogen-bond acceptors (Lipinski definition) is 6. The summed E-state index contributed by atoms with van der Waals surface area (Å²) in [7, 11) is 0. The van der Waals surface area contributed by atoms with Crippen molar-refractivity contribution in [1.82, 2.24) is 15.0 Å². The van der Waals surface area contributed by atoms with Crippen LogP contribution in [0.15, 0.2) is 60.0 Å². The zero-order valence-corrected chi connectivity index (χ0v) is 15.7. The molecule has 1 amide bonds. The van der Waals surface area contributed by atoms with Crippen LogP contribution in [0, 0.1) is 0 Å². The SMILES string of the molecule is NC(=NC(=O)c1ccnc(N)c1)C1(c2ccc(-c3cnc(N)nc3)cc2)CCC1. The van der Waals surface area contributed by atoms with Crippen molar-refractivity contribution in [1.29, 1.82) is 0 Å². The summed E-state index contributed by atoms with van der Waals surface area (Å²) in [6, 6.07) is 11.1. The predicted octanol–water partition coefficient (Wildman–Crippen LogP) is 2.32. The van der Waals surface area contributed by atoms with Gasteiger partial charge in [0.2, 0.25) is 5.95 Å². The van der Waals surface area contributed by atoms with E-state index >= 15 is 0 Å². The fraction of sp³-hybridized carbons (Fsp3) is 0.190. The van der Waals surface area contributed by atoms with E-state index in [1.165, 1.54) is 12.3 Å². The quantitative estimate of drug-likeness (QED) is 0.460. The van der Waals surface area contributed by atoms with E-state index in [1.54, 1.807) is 18.5 Å². The molecule has 8 nitrogen and oxygen atoms in total. The van der Waals surface area contributed by atoms with Gasteiger partial charge in [-0.15, -0.1) is 0 Å². The first kappa shape index (κ1) is 18.5. The fourth-order valence-electron chi connectivity index (χ4n) is 3.55. The lowest BCUT2D eigenvalue weighted by Crippen LogP contribution is -2.47. The van der Waals surface area contributed by atoms with E-state index < -0.39 is 11.3 Å². The Balaban J connectivity index is 1.61. The summed E-state index contributed by atoms with van der Waals surface area (Å²) in [4.78, 5) is 28.7. The molecule has 0 spiro atoms. The van der Waals surface area contributed by atoms with E-state index in [1.807, 2.05) is 24.3 Å². The maximum Gasteiger partial charge on any atom is 0.278 e. The maximum atomic E-state index is 12.5. The number of nitrogens with zero attached hydrogens (tertiary/aromatic N) is 4. The molecule has 1 saturated carbocycles. The van der Waals surface area contributed by atoms with Crippen LogP contribution in [0.3, 0.4) is 0 Å². The number of aromatic nitrogens is 3. The van der Waals surface area contributed by atoms with Gasteiger partial charge in [-0.3, -0.25) is 4.79 Å². The molecule has 2 heterocycles. The third-order valence-electron chi connectivity index (χ3n) is 5.39. The van der Waals surface area contributed by atoms with Gasteiger partial charge in [0, 0.05) is 29.7 Å². The molecule has 29 heavy (non-hydrogen) atoms. The van der Waals surface area contributed by atoms with E-state index in [0.29, 0.717) is 11.4 Å². The van der Waals surface area contributed by atoms with Crippen molar-refractivity contribution in [2.24, 2.45) is 10.7 Å². The highest BCUT2D eigenvalue weighted by molar-refractivity contribution is 6.06. The van der Waals surface area contributed by atoms with Crippen LogP contribution < -0.4 is 17.2 Å². The molecule has 146 valence electrons. The number of nitrogen functional groups attached to an aromatic ring is 2. The second-order valence-electron chi connectivity index (χ2n) is 7.11. The van der Waals surface area contributed by atoms with Crippen molar-refractivity contribution in [3.8, 4) is 11.1 Å². The third kappa shape index (κ3) is 3.52. The molecular formula is C21H21N7O. The molecule has 0 aliphatic heterocycles. The van der Waals surface area contributed by atoms with Gasteiger partial charge in [-0.2, -0.15) is 4.99 Å². The Morgan fingerprint density at radius 2 is 1.66 bits per heavy atom. The summed E-state index contributed by atoms with van der Waals surface area (Å²) in [5.74, 6) is 0.417. The number of carbonyl (C=O) groups is 1. The first-order chi connectivity index (χ1) is 14.0. The second kappa shape index (κ2) is 7.31. The van der Waals surface area contributed by atoms with E-state index in [0.717, 1.165) is 36.0 Å². The Hall–Kier alpha value is -3.81. The summed E-state index contributed by atoms with van der Waals surface area (Å²) >= 11 is 0. The highest BCUT2D eigenvalue weighted by Gasteiger charge is 2.42. The number of aliphatic imine (C=N–C) groups is 1. The maximum absolute atomic E-state index is 12.5. The molecule has 0 radical (unpaired) electrons. The summed E-state index contributed by atoms with van der Waals surface area (Å²) in [6.07, 6.45) is 7.57. The highest BCUT2D eigenvalue weighted by atomic mass is 16.1. The van der Waals surface area contributed by atoms with Crippen molar-refractivity contribution in [2.75, 3.05) is 11.5 Å². The van der Waals surface area contributed by atoms with E-state index in [4.69, 9.17) is 17.2 Å². The fourth-order valence-corrected chi connectivity index (χ4v) is 3.55.